The van der Waals surface area contributed by atoms with Gasteiger partial charge >= 0.3 is 0 Å². The first-order chi connectivity index (χ1) is 12.7. The maximum Gasteiger partial charge on any atom is 0.192 e. The molecule has 8 heteroatoms. The summed E-state index contributed by atoms with van der Waals surface area (Å²) < 4.78 is 1.99. The Labute approximate surface area is 183 Å². The van der Waals surface area contributed by atoms with Crippen molar-refractivity contribution in [2.45, 2.75) is 58.5 Å². The van der Waals surface area contributed by atoms with Gasteiger partial charge in [-0.3, -0.25) is 0 Å². The highest BCUT2D eigenvalue weighted by Gasteiger charge is 2.14. The van der Waals surface area contributed by atoms with E-state index in [0.717, 1.165) is 36.6 Å². The molecule has 150 valence electrons. The normalized spacial score (nSPS) is 15.0. The van der Waals surface area contributed by atoms with Crippen molar-refractivity contribution < 1.29 is 0 Å². The minimum absolute atomic E-state index is 0. The molecule has 0 radical (unpaired) electrons. The second kappa shape index (κ2) is 11.6. The summed E-state index contributed by atoms with van der Waals surface area (Å²) >= 11 is 1.76. The molecule has 0 aliphatic heterocycles. The number of aryl methyl sites for hydroxylation is 1. The van der Waals surface area contributed by atoms with Gasteiger partial charge in [0.2, 0.25) is 0 Å². The summed E-state index contributed by atoms with van der Waals surface area (Å²) in [6, 6.07) is 4.22. The van der Waals surface area contributed by atoms with Crippen LogP contribution >= 0.6 is 35.3 Å². The van der Waals surface area contributed by atoms with Gasteiger partial charge < -0.3 is 15.2 Å². The third kappa shape index (κ3) is 7.06. The van der Waals surface area contributed by atoms with Gasteiger partial charge in [0.25, 0.3) is 0 Å². The molecule has 2 heterocycles. The van der Waals surface area contributed by atoms with Gasteiger partial charge in [-0.2, -0.15) is 0 Å². The van der Waals surface area contributed by atoms with Crippen molar-refractivity contribution in [3.05, 3.63) is 34.0 Å². The smallest absolute Gasteiger partial charge is 0.192 e. The van der Waals surface area contributed by atoms with Crippen LogP contribution < -0.4 is 10.6 Å². The van der Waals surface area contributed by atoms with Crippen LogP contribution in [-0.2, 0) is 20.1 Å². The number of nitrogens with one attached hydrogen (secondary N) is 2. The van der Waals surface area contributed by atoms with Crippen molar-refractivity contribution in [1.29, 1.82) is 0 Å². The fraction of sp³-hybridized carbons (Fsp3) is 0.632. The van der Waals surface area contributed by atoms with Crippen LogP contribution in [-0.4, -0.2) is 27.3 Å². The molecule has 0 unspecified atom stereocenters. The van der Waals surface area contributed by atoms with Gasteiger partial charge in [-0.15, -0.1) is 45.5 Å². The van der Waals surface area contributed by atoms with Crippen LogP contribution in [0.5, 0.6) is 0 Å². The molecule has 1 aliphatic rings. The number of hydrogen-bond donors (Lipinski definition) is 2. The summed E-state index contributed by atoms with van der Waals surface area (Å²) in [6.07, 6.45) is 8.21. The zero-order valence-electron chi connectivity index (χ0n) is 16.3. The Morgan fingerprint density at radius 1 is 1.30 bits per heavy atom. The minimum atomic E-state index is 0. The molecule has 0 amide bonds. The summed E-state index contributed by atoms with van der Waals surface area (Å²) in [5.74, 6) is 3.59. The average Bonchev–Trinajstić information content (AvgIpc) is 3.39. The topological polar surface area (TPSA) is 67.1 Å². The summed E-state index contributed by atoms with van der Waals surface area (Å²) in [7, 11) is 1.98. The van der Waals surface area contributed by atoms with Crippen LogP contribution in [0.4, 0.5) is 0 Å². The van der Waals surface area contributed by atoms with E-state index in [-0.39, 0.29) is 24.0 Å². The highest BCUT2D eigenvalue weighted by molar-refractivity contribution is 14.0. The predicted molar refractivity (Wildman–Crippen MR) is 123 cm³/mol. The maximum atomic E-state index is 4.71. The predicted octanol–water partition coefficient (Wildman–Crippen LogP) is 4.01. The molecule has 2 aromatic heterocycles. The van der Waals surface area contributed by atoms with E-state index in [0.29, 0.717) is 6.54 Å². The van der Waals surface area contributed by atoms with Gasteiger partial charge in [-0.1, -0.05) is 31.7 Å². The van der Waals surface area contributed by atoms with E-state index >= 15 is 0 Å². The second-order valence-corrected chi connectivity index (χ2v) is 8.07. The fourth-order valence-electron chi connectivity index (χ4n) is 3.39. The molecule has 2 aromatic rings. The lowest BCUT2D eigenvalue weighted by molar-refractivity contribution is 0.481. The zero-order chi connectivity index (χ0) is 18.2. The number of guanidine groups is 1. The molecule has 0 bridgehead atoms. The number of nitrogens with zero attached hydrogens (tertiary/aromatic N) is 4. The second-order valence-electron chi connectivity index (χ2n) is 7.04. The molecule has 2 N–H and O–H groups in total. The molecule has 6 nitrogen and oxygen atoms in total. The van der Waals surface area contributed by atoms with Crippen molar-refractivity contribution in [3.8, 4) is 0 Å². The third-order valence-electron chi connectivity index (χ3n) is 5.13. The number of hydrogen-bond acceptors (Lipinski definition) is 4. The Kier molecular flexibility index (Phi) is 9.53. The number of rotatable bonds is 8. The van der Waals surface area contributed by atoms with Crippen LogP contribution in [0.25, 0.3) is 0 Å². The van der Waals surface area contributed by atoms with Crippen molar-refractivity contribution in [2.24, 2.45) is 18.0 Å². The third-order valence-corrected chi connectivity index (χ3v) is 6.00. The zero-order valence-corrected chi connectivity index (χ0v) is 19.4. The number of aromatic nitrogens is 3. The molecular formula is C19H31IN6S. The summed E-state index contributed by atoms with van der Waals surface area (Å²) in [4.78, 5) is 6.02. The van der Waals surface area contributed by atoms with Crippen LogP contribution in [0.1, 0.15) is 55.1 Å². The van der Waals surface area contributed by atoms with Gasteiger partial charge in [0.05, 0.1) is 6.54 Å². The van der Waals surface area contributed by atoms with E-state index in [4.69, 9.17) is 4.99 Å². The number of thiophene rings is 1. The highest BCUT2D eigenvalue weighted by atomic mass is 127. The van der Waals surface area contributed by atoms with Crippen LogP contribution in [0.2, 0.25) is 0 Å². The Bertz CT molecular complexity index is 691. The first kappa shape index (κ1) is 22.1. The molecule has 27 heavy (non-hydrogen) atoms. The van der Waals surface area contributed by atoms with E-state index in [9.17, 15) is 0 Å². The van der Waals surface area contributed by atoms with Crippen molar-refractivity contribution in [1.82, 2.24) is 25.4 Å². The first-order valence-electron chi connectivity index (χ1n) is 9.62. The van der Waals surface area contributed by atoms with Crippen molar-refractivity contribution >= 4 is 41.3 Å². The van der Waals surface area contributed by atoms with Gasteiger partial charge in [0.15, 0.2) is 11.8 Å². The lowest BCUT2D eigenvalue weighted by atomic mass is 10.0. The van der Waals surface area contributed by atoms with Gasteiger partial charge in [0.1, 0.15) is 12.4 Å². The van der Waals surface area contributed by atoms with Gasteiger partial charge in [-0.25, -0.2) is 4.99 Å². The summed E-state index contributed by atoms with van der Waals surface area (Å²) in [5, 5.41) is 17.3. The molecule has 0 aromatic carbocycles. The molecular weight excluding hydrogens is 471 g/mol. The van der Waals surface area contributed by atoms with Crippen molar-refractivity contribution in [2.75, 3.05) is 6.54 Å². The molecule has 0 saturated heterocycles. The van der Waals surface area contributed by atoms with Crippen molar-refractivity contribution in [3.63, 3.8) is 0 Å². The SMILES string of the molecule is Cc1nnc(CN=C(NCCCC2CCCC2)NCc2cccs2)n1C.I. The Balaban J connectivity index is 0.00000261. The van der Waals surface area contributed by atoms with E-state index in [2.05, 4.69) is 38.3 Å². The van der Waals surface area contributed by atoms with Crippen LogP contribution in [0.3, 0.4) is 0 Å². The van der Waals surface area contributed by atoms with E-state index in [1.54, 1.807) is 11.3 Å². The van der Waals surface area contributed by atoms with Gasteiger partial charge in [0, 0.05) is 18.5 Å². The quantitative estimate of drug-likeness (QED) is 0.248. The molecule has 1 saturated carbocycles. The molecule has 0 atom stereocenters. The number of aliphatic imine (C=N–C) groups is 1. The summed E-state index contributed by atoms with van der Waals surface area (Å²) in [6.45, 7) is 4.24. The van der Waals surface area contributed by atoms with Gasteiger partial charge in [-0.05, 0) is 37.1 Å². The monoisotopic (exact) mass is 502 g/mol. The highest BCUT2D eigenvalue weighted by Crippen LogP contribution is 2.28. The summed E-state index contributed by atoms with van der Waals surface area (Å²) in [5.41, 5.74) is 0. The minimum Gasteiger partial charge on any atom is -0.356 e. The largest absolute Gasteiger partial charge is 0.356 e. The fourth-order valence-corrected chi connectivity index (χ4v) is 4.04. The Morgan fingerprint density at radius 2 is 2.11 bits per heavy atom. The lowest BCUT2D eigenvalue weighted by Gasteiger charge is -2.13. The average molecular weight is 502 g/mol. The van der Waals surface area contributed by atoms with Crippen LogP contribution in [0, 0.1) is 12.8 Å². The number of halogens is 1. The Morgan fingerprint density at radius 3 is 2.78 bits per heavy atom. The molecule has 1 aliphatic carbocycles. The Hall–Kier alpha value is -1.16. The molecule has 1 fully saturated rings. The van der Waals surface area contributed by atoms with E-state index < -0.39 is 0 Å². The molecule has 0 spiro atoms. The standard InChI is InChI=1S/C19H30N6S.HI/c1-15-23-24-18(25(15)2)14-22-19(21-13-17-10-6-12-26-17)20-11-5-9-16-7-3-4-8-16;/h6,10,12,16H,3-5,7-9,11,13-14H2,1-2H3,(H2,20,21,22);1H. The van der Waals surface area contributed by atoms with E-state index in [1.807, 2.05) is 18.5 Å². The first-order valence-corrected chi connectivity index (χ1v) is 10.5. The lowest BCUT2D eigenvalue weighted by Crippen LogP contribution is -2.37. The maximum absolute atomic E-state index is 4.71. The molecule has 3 rings (SSSR count). The van der Waals surface area contributed by atoms with Crippen LogP contribution in [0.15, 0.2) is 22.5 Å². The van der Waals surface area contributed by atoms with E-state index in [1.165, 1.54) is 43.4 Å².